The zero-order valence-corrected chi connectivity index (χ0v) is 11.0. The van der Waals surface area contributed by atoms with Gasteiger partial charge in [0.2, 0.25) is 0 Å². The van der Waals surface area contributed by atoms with Crippen LogP contribution in [-0.2, 0) is 6.54 Å². The normalized spacial score (nSPS) is 13.2. The molecule has 1 rings (SSSR count). The van der Waals surface area contributed by atoms with Gasteiger partial charge in [0, 0.05) is 6.04 Å². The molecule has 0 fully saturated rings. The van der Waals surface area contributed by atoms with Crippen molar-refractivity contribution in [2.24, 2.45) is 0 Å². The van der Waals surface area contributed by atoms with Crippen LogP contribution < -0.4 is 10.9 Å². The van der Waals surface area contributed by atoms with Crippen LogP contribution >= 0.6 is 15.9 Å². The van der Waals surface area contributed by atoms with Gasteiger partial charge in [0.1, 0.15) is 11.0 Å². The number of anilines is 1. The zero-order valence-electron chi connectivity index (χ0n) is 9.46. The van der Waals surface area contributed by atoms with Crippen LogP contribution in [0.25, 0.3) is 0 Å². The lowest BCUT2D eigenvalue weighted by atomic mass is 10.3. The average molecular weight is 326 g/mol. The molecule has 0 aromatic carbocycles. The third-order valence-corrected chi connectivity index (χ3v) is 2.82. The molecule has 1 heterocycles. The first kappa shape index (κ1) is 14.7. The fraction of sp³-hybridized carbons (Fsp3) is 0.400. The lowest BCUT2D eigenvalue weighted by Gasteiger charge is -2.14. The first-order valence-corrected chi connectivity index (χ1v) is 5.75. The summed E-state index contributed by atoms with van der Waals surface area (Å²) in [4.78, 5) is 11.6. The van der Waals surface area contributed by atoms with E-state index in [1.807, 2.05) is 0 Å². The van der Waals surface area contributed by atoms with Crippen LogP contribution in [0.5, 0.6) is 0 Å². The molecule has 1 unspecified atom stereocenters. The summed E-state index contributed by atoms with van der Waals surface area (Å²) in [7, 11) is 0. The first-order valence-electron chi connectivity index (χ1n) is 4.96. The molecule has 8 heteroatoms. The van der Waals surface area contributed by atoms with Gasteiger partial charge in [-0.1, -0.05) is 6.08 Å². The van der Waals surface area contributed by atoms with Crippen LogP contribution in [0.2, 0.25) is 0 Å². The van der Waals surface area contributed by atoms with E-state index in [0.717, 1.165) is 6.20 Å². The van der Waals surface area contributed by atoms with Crippen molar-refractivity contribution >= 4 is 21.6 Å². The molecule has 0 radical (unpaired) electrons. The van der Waals surface area contributed by atoms with Crippen LogP contribution in [0.3, 0.4) is 0 Å². The minimum absolute atomic E-state index is 0.00968. The molecule has 0 aliphatic heterocycles. The van der Waals surface area contributed by atoms with E-state index >= 15 is 0 Å². The number of rotatable bonds is 4. The van der Waals surface area contributed by atoms with E-state index in [0.29, 0.717) is 10.4 Å². The Balaban J connectivity index is 3.06. The third-order valence-electron chi connectivity index (χ3n) is 2.05. The van der Waals surface area contributed by atoms with E-state index in [1.165, 1.54) is 0 Å². The summed E-state index contributed by atoms with van der Waals surface area (Å²) in [6.45, 7) is 3.91. The molecule has 0 saturated carbocycles. The number of hydrogen-bond donors (Lipinski definition) is 1. The molecule has 100 valence electrons. The number of nitrogens with one attached hydrogen (secondary N) is 1. The number of halogens is 4. The van der Waals surface area contributed by atoms with Crippen molar-refractivity contribution in [1.82, 2.24) is 9.78 Å². The molecule has 1 aromatic rings. The number of aromatic nitrogens is 2. The van der Waals surface area contributed by atoms with Crippen molar-refractivity contribution in [1.29, 1.82) is 0 Å². The maximum atomic E-state index is 12.2. The Bertz CT molecular complexity index is 498. The van der Waals surface area contributed by atoms with Crippen LogP contribution in [0.15, 0.2) is 28.1 Å². The summed E-state index contributed by atoms with van der Waals surface area (Å²) in [5.74, 6) is 0. The SMILES string of the molecule is C=CC(C)Nc1cnn(CC(F)(F)F)c(=O)c1Br. The molecule has 18 heavy (non-hydrogen) atoms. The van der Waals surface area contributed by atoms with Gasteiger partial charge in [-0.25, -0.2) is 4.68 Å². The largest absolute Gasteiger partial charge is 0.408 e. The minimum atomic E-state index is -4.49. The minimum Gasteiger partial charge on any atom is -0.377 e. The maximum Gasteiger partial charge on any atom is 0.408 e. The number of alkyl halides is 3. The van der Waals surface area contributed by atoms with E-state index in [9.17, 15) is 18.0 Å². The van der Waals surface area contributed by atoms with Gasteiger partial charge in [-0.3, -0.25) is 4.79 Å². The smallest absolute Gasteiger partial charge is 0.377 e. The van der Waals surface area contributed by atoms with Crippen molar-refractivity contribution < 1.29 is 13.2 Å². The molecule has 0 aliphatic rings. The highest BCUT2D eigenvalue weighted by Gasteiger charge is 2.29. The first-order chi connectivity index (χ1) is 8.24. The summed E-state index contributed by atoms with van der Waals surface area (Å²) in [5.41, 5.74) is -0.514. The van der Waals surface area contributed by atoms with Crippen LogP contribution in [0.1, 0.15) is 6.92 Å². The predicted molar refractivity (Wildman–Crippen MR) is 65.5 cm³/mol. The predicted octanol–water partition coefficient (Wildman–Crippen LogP) is 2.55. The van der Waals surface area contributed by atoms with Crippen molar-refractivity contribution in [3.8, 4) is 0 Å². The van der Waals surface area contributed by atoms with E-state index in [4.69, 9.17) is 0 Å². The molecule has 0 saturated heterocycles. The van der Waals surface area contributed by atoms with Crippen molar-refractivity contribution in [2.75, 3.05) is 5.32 Å². The van der Waals surface area contributed by atoms with Gasteiger partial charge in [0.25, 0.3) is 5.56 Å². The Morgan fingerprint density at radius 3 is 2.78 bits per heavy atom. The summed E-state index contributed by atoms with van der Waals surface area (Å²) < 4.78 is 36.9. The van der Waals surface area contributed by atoms with Gasteiger partial charge in [-0.2, -0.15) is 18.3 Å². The maximum absolute atomic E-state index is 12.2. The molecule has 0 aliphatic carbocycles. The number of nitrogens with zero attached hydrogens (tertiary/aromatic N) is 2. The molecule has 0 spiro atoms. The highest BCUT2D eigenvalue weighted by Crippen LogP contribution is 2.20. The topological polar surface area (TPSA) is 46.9 Å². The van der Waals surface area contributed by atoms with Gasteiger partial charge in [0.15, 0.2) is 0 Å². The van der Waals surface area contributed by atoms with Crippen molar-refractivity contribution in [3.63, 3.8) is 0 Å². The fourth-order valence-corrected chi connectivity index (χ4v) is 1.57. The molecule has 0 bridgehead atoms. The molecule has 4 nitrogen and oxygen atoms in total. The zero-order chi connectivity index (χ0) is 13.9. The van der Waals surface area contributed by atoms with Crippen molar-refractivity contribution in [3.05, 3.63) is 33.7 Å². The second-order valence-electron chi connectivity index (χ2n) is 3.62. The Morgan fingerprint density at radius 2 is 2.28 bits per heavy atom. The highest BCUT2D eigenvalue weighted by molar-refractivity contribution is 9.10. The molecule has 1 aromatic heterocycles. The van der Waals surface area contributed by atoms with Gasteiger partial charge in [0.05, 0.1) is 11.9 Å². The lowest BCUT2D eigenvalue weighted by molar-refractivity contribution is -0.143. The van der Waals surface area contributed by atoms with E-state index < -0.39 is 18.3 Å². The van der Waals surface area contributed by atoms with Gasteiger partial charge >= 0.3 is 6.18 Å². The number of hydrogen-bond acceptors (Lipinski definition) is 3. The van der Waals surface area contributed by atoms with Gasteiger partial charge < -0.3 is 5.32 Å². The summed E-state index contributed by atoms with van der Waals surface area (Å²) in [6, 6.07) is -0.138. The van der Waals surface area contributed by atoms with E-state index in [2.05, 4.69) is 32.9 Å². The van der Waals surface area contributed by atoms with Gasteiger partial charge in [-0.15, -0.1) is 6.58 Å². The summed E-state index contributed by atoms with van der Waals surface area (Å²) in [5, 5.41) is 6.34. The Morgan fingerprint density at radius 1 is 1.67 bits per heavy atom. The second-order valence-corrected chi connectivity index (χ2v) is 4.41. The average Bonchev–Trinajstić information content (AvgIpc) is 2.27. The molecule has 1 atom stereocenters. The Labute approximate surface area is 110 Å². The quantitative estimate of drug-likeness (QED) is 0.865. The second kappa shape index (κ2) is 5.55. The molecule has 0 amide bonds. The summed E-state index contributed by atoms with van der Waals surface area (Å²) >= 11 is 2.96. The fourth-order valence-electron chi connectivity index (χ4n) is 1.15. The van der Waals surface area contributed by atoms with Crippen LogP contribution in [0.4, 0.5) is 18.9 Å². The van der Waals surface area contributed by atoms with Crippen molar-refractivity contribution in [2.45, 2.75) is 25.7 Å². The molecular weight excluding hydrogens is 315 g/mol. The van der Waals surface area contributed by atoms with Gasteiger partial charge in [-0.05, 0) is 22.9 Å². The third kappa shape index (κ3) is 3.86. The Hall–Kier alpha value is -1.31. The highest BCUT2D eigenvalue weighted by atomic mass is 79.9. The monoisotopic (exact) mass is 325 g/mol. The van der Waals surface area contributed by atoms with E-state index in [-0.39, 0.29) is 10.5 Å². The summed E-state index contributed by atoms with van der Waals surface area (Å²) in [6.07, 6.45) is -1.73. The molecular formula is C10H11BrF3N3O. The molecule has 1 N–H and O–H groups in total. The lowest BCUT2D eigenvalue weighted by Crippen LogP contribution is -2.31. The van der Waals surface area contributed by atoms with Crippen LogP contribution in [-0.4, -0.2) is 22.0 Å². The van der Waals surface area contributed by atoms with E-state index in [1.54, 1.807) is 13.0 Å². The Kier molecular flexibility index (Phi) is 4.55. The standard InChI is InChI=1S/C10H11BrF3N3O/c1-3-6(2)16-7-4-15-17(5-10(12,13)14)9(18)8(7)11/h3-4,6,16H,1,5H2,2H3. The van der Waals surface area contributed by atoms with Crippen LogP contribution in [0, 0.1) is 0 Å².